The van der Waals surface area contributed by atoms with Gasteiger partial charge in [-0.25, -0.2) is 9.97 Å². The molecule has 0 saturated carbocycles. The van der Waals surface area contributed by atoms with Gasteiger partial charge in [-0.15, -0.1) is 0 Å². The fraction of sp³-hybridized carbons (Fsp3) is 0. The summed E-state index contributed by atoms with van der Waals surface area (Å²) in [5, 5.41) is 3.32. The Morgan fingerprint density at radius 3 is 2.50 bits per heavy atom. The fourth-order valence-electron chi connectivity index (χ4n) is 1.25. The molecule has 0 aliphatic rings. The monoisotopic (exact) mass is 301 g/mol. The van der Waals surface area contributed by atoms with Gasteiger partial charge in [0.25, 0.3) is 5.91 Å². The van der Waals surface area contributed by atoms with E-state index >= 15 is 0 Å². The van der Waals surface area contributed by atoms with E-state index in [1.165, 1.54) is 24.5 Å². The van der Waals surface area contributed by atoms with E-state index in [9.17, 15) is 4.79 Å². The molecule has 7 heteroatoms. The lowest BCUT2D eigenvalue weighted by Gasteiger charge is -2.06. The number of benzene rings is 1. The van der Waals surface area contributed by atoms with Crippen molar-refractivity contribution in [2.75, 3.05) is 5.32 Å². The van der Waals surface area contributed by atoms with Gasteiger partial charge in [0.2, 0.25) is 0 Å². The Balaban J connectivity index is 2.25. The zero-order valence-electron chi connectivity index (χ0n) is 8.82. The van der Waals surface area contributed by atoms with E-state index < -0.39 is 5.91 Å². The highest BCUT2D eigenvalue weighted by molar-refractivity contribution is 6.37. The van der Waals surface area contributed by atoms with Gasteiger partial charge in [0, 0.05) is 17.4 Å². The number of carbonyl (C=O) groups excluding carboxylic acids is 1. The van der Waals surface area contributed by atoms with Crippen LogP contribution < -0.4 is 5.32 Å². The third-order valence-corrected chi connectivity index (χ3v) is 2.89. The van der Waals surface area contributed by atoms with Gasteiger partial charge in [0.15, 0.2) is 11.0 Å². The van der Waals surface area contributed by atoms with Gasteiger partial charge in [-0.3, -0.25) is 4.79 Å². The minimum absolute atomic E-state index is 0.107. The largest absolute Gasteiger partial charge is 0.304 e. The number of hydrogen-bond donors (Lipinski definition) is 1. The molecule has 1 heterocycles. The van der Waals surface area contributed by atoms with Gasteiger partial charge in [-0.1, -0.05) is 34.8 Å². The highest BCUT2D eigenvalue weighted by Gasteiger charge is 2.13. The van der Waals surface area contributed by atoms with Crippen LogP contribution in [-0.4, -0.2) is 15.9 Å². The zero-order valence-corrected chi connectivity index (χ0v) is 11.1. The fourth-order valence-corrected chi connectivity index (χ4v) is 1.90. The van der Waals surface area contributed by atoms with Gasteiger partial charge in [-0.2, -0.15) is 0 Å². The minimum atomic E-state index is -0.431. The van der Waals surface area contributed by atoms with Crippen molar-refractivity contribution in [1.29, 1.82) is 0 Å². The SMILES string of the molecule is O=C(Nc1nccnc1Cl)c1ccc(Cl)cc1Cl. The van der Waals surface area contributed by atoms with Gasteiger partial charge in [0.05, 0.1) is 10.6 Å². The first-order valence-electron chi connectivity index (χ1n) is 4.81. The number of hydrogen-bond acceptors (Lipinski definition) is 3. The molecule has 0 saturated heterocycles. The lowest BCUT2D eigenvalue weighted by molar-refractivity contribution is 0.102. The summed E-state index contributed by atoms with van der Waals surface area (Å²) in [6.07, 6.45) is 2.85. The molecule has 1 aromatic heterocycles. The van der Waals surface area contributed by atoms with Crippen molar-refractivity contribution >= 4 is 46.5 Å². The van der Waals surface area contributed by atoms with Gasteiger partial charge < -0.3 is 5.32 Å². The summed E-state index contributed by atoms with van der Waals surface area (Å²) in [7, 11) is 0. The maximum Gasteiger partial charge on any atom is 0.258 e. The van der Waals surface area contributed by atoms with Gasteiger partial charge in [0.1, 0.15) is 0 Å². The number of nitrogens with zero attached hydrogens (tertiary/aromatic N) is 2. The maximum absolute atomic E-state index is 11.9. The highest BCUT2D eigenvalue weighted by Crippen LogP contribution is 2.22. The number of rotatable bonds is 2. The lowest BCUT2D eigenvalue weighted by Crippen LogP contribution is -2.14. The molecule has 2 aromatic rings. The molecular formula is C11H6Cl3N3O. The van der Waals surface area contributed by atoms with E-state index in [4.69, 9.17) is 34.8 Å². The summed E-state index contributed by atoms with van der Waals surface area (Å²) >= 11 is 17.4. The molecule has 0 aliphatic heterocycles. The topological polar surface area (TPSA) is 54.9 Å². The van der Waals surface area contributed by atoms with Gasteiger partial charge in [-0.05, 0) is 18.2 Å². The number of halogens is 3. The third kappa shape index (κ3) is 2.90. The Bertz CT molecular complexity index is 604. The summed E-state index contributed by atoms with van der Waals surface area (Å²) in [4.78, 5) is 19.6. The Kier molecular flexibility index (Phi) is 4.01. The molecule has 2 rings (SSSR count). The predicted octanol–water partition coefficient (Wildman–Crippen LogP) is 3.69. The summed E-state index contributed by atoms with van der Waals surface area (Å²) in [6, 6.07) is 4.57. The number of nitrogens with one attached hydrogen (secondary N) is 1. The molecule has 1 amide bonds. The summed E-state index contributed by atoms with van der Waals surface area (Å²) in [5.41, 5.74) is 0.280. The molecule has 0 bridgehead atoms. The second-order valence-electron chi connectivity index (χ2n) is 3.27. The van der Waals surface area contributed by atoms with Crippen molar-refractivity contribution in [1.82, 2.24) is 9.97 Å². The van der Waals surface area contributed by atoms with Crippen molar-refractivity contribution in [3.63, 3.8) is 0 Å². The Morgan fingerprint density at radius 1 is 1.11 bits per heavy atom. The molecule has 0 fully saturated rings. The molecule has 18 heavy (non-hydrogen) atoms. The second-order valence-corrected chi connectivity index (χ2v) is 4.48. The Morgan fingerprint density at radius 2 is 1.83 bits per heavy atom. The number of aromatic nitrogens is 2. The Hall–Kier alpha value is -1.36. The molecule has 0 unspecified atom stereocenters. The molecule has 0 aliphatic carbocycles. The molecule has 1 N–H and O–H groups in total. The van der Waals surface area contributed by atoms with Crippen LogP contribution in [0, 0.1) is 0 Å². The predicted molar refractivity (Wildman–Crippen MR) is 71.5 cm³/mol. The molecule has 0 atom stereocenters. The van der Waals surface area contributed by atoms with Crippen LogP contribution in [0.4, 0.5) is 5.82 Å². The first kappa shape index (κ1) is 13.1. The van der Waals surface area contributed by atoms with Crippen LogP contribution in [0.15, 0.2) is 30.6 Å². The average Bonchev–Trinajstić information content (AvgIpc) is 2.32. The van der Waals surface area contributed by atoms with Crippen molar-refractivity contribution in [2.45, 2.75) is 0 Å². The van der Waals surface area contributed by atoms with Crippen molar-refractivity contribution in [3.05, 3.63) is 51.4 Å². The number of anilines is 1. The highest BCUT2D eigenvalue weighted by atomic mass is 35.5. The van der Waals surface area contributed by atoms with Crippen LogP contribution >= 0.6 is 34.8 Å². The maximum atomic E-state index is 11.9. The van der Waals surface area contributed by atoms with Crippen LogP contribution in [0.1, 0.15) is 10.4 Å². The van der Waals surface area contributed by atoms with Crippen LogP contribution in [0.3, 0.4) is 0 Å². The Labute approximate surface area is 118 Å². The van der Waals surface area contributed by atoms with Gasteiger partial charge >= 0.3 is 0 Å². The standard InChI is InChI=1S/C11H6Cl3N3O/c12-6-1-2-7(8(13)5-6)11(18)17-10-9(14)15-3-4-16-10/h1-5H,(H,16,17,18). The second kappa shape index (κ2) is 5.52. The van der Waals surface area contributed by atoms with Crippen LogP contribution in [0.5, 0.6) is 0 Å². The molecular weight excluding hydrogens is 296 g/mol. The van der Waals surface area contributed by atoms with Crippen LogP contribution in [0.25, 0.3) is 0 Å². The van der Waals surface area contributed by atoms with E-state index in [0.717, 1.165) is 0 Å². The third-order valence-electron chi connectivity index (χ3n) is 2.06. The first-order valence-corrected chi connectivity index (χ1v) is 5.94. The van der Waals surface area contributed by atoms with Crippen molar-refractivity contribution in [3.8, 4) is 0 Å². The molecule has 4 nitrogen and oxygen atoms in total. The zero-order chi connectivity index (χ0) is 13.1. The normalized spacial score (nSPS) is 10.2. The summed E-state index contributed by atoms with van der Waals surface area (Å²) in [6.45, 7) is 0. The smallest absolute Gasteiger partial charge is 0.258 e. The average molecular weight is 303 g/mol. The quantitative estimate of drug-likeness (QED) is 0.920. The van der Waals surface area contributed by atoms with E-state index in [0.29, 0.717) is 5.02 Å². The van der Waals surface area contributed by atoms with Crippen LogP contribution in [0.2, 0.25) is 15.2 Å². The van der Waals surface area contributed by atoms with E-state index in [1.54, 1.807) is 6.07 Å². The summed E-state index contributed by atoms with van der Waals surface area (Å²) < 4.78 is 0. The molecule has 0 radical (unpaired) electrons. The molecule has 1 aromatic carbocycles. The van der Waals surface area contributed by atoms with Crippen LogP contribution in [-0.2, 0) is 0 Å². The minimum Gasteiger partial charge on any atom is -0.304 e. The van der Waals surface area contributed by atoms with E-state index in [-0.39, 0.29) is 21.6 Å². The number of carbonyl (C=O) groups is 1. The van der Waals surface area contributed by atoms with E-state index in [1.807, 2.05) is 0 Å². The molecule has 0 spiro atoms. The molecule has 92 valence electrons. The number of amides is 1. The van der Waals surface area contributed by atoms with E-state index in [2.05, 4.69) is 15.3 Å². The van der Waals surface area contributed by atoms with Crippen molar-refractivity contribution in [2.24, 2.45) is 0 Å². The lowest BCUT2D eigenvalue weighted by atomic mass is 10.2. The van der Waals surface area contributed by atoms with Crippen molar-refractivity contribution < 1.29 is 4.79 Å². The first-order chi connectivity index (χ1) is 8.58. The summed E-state index contributed by atoms with van der Waals surface area (Å²) in [5.74, 6) is -0.255.